The van der Waals surface area contributed by atoms with E-state index in [0.29, 0.717) is 5.02 Å². The molecule has 0 aliphatic rings. The molecule has 1 atom stereocenters. The number of hydrogen-bond acceptors (Lipinski definition) is 3. The fraction of sp³-hybridized carbons (Fsp3) is 0.462. The molecule has 2 heterocycles. The molecule has 0 saturated heterocycles. The standard InChI is InChI=1S/C13H18ClN3O/c1-4-15-12(11-6-5-7-18-11)13-10(14)8-16-17(13)9(2)3/h5-9,12,15H,4H2,1-3H3. The zero-order chi connectivity index (χ0) is 13.1. The predicted octanol–water partition coefficient (Wildman–Crippen LogP) is 3.41. The van der Waals surface area contributed by atoms with Crippen LogP contribution in [-0.4, -0.2) is 16.3 Å². The highest BCUT2D eigenvalue weighted by Crippen LogP contribution is 2.30. The Morgan fingerprint density at radius 2 is 2.28 bits per heavy atom. The zero-order valence-electron chi connectivity index (χ0n) is 10.9. The lowest BCUT2D eigenvalue weighted by Gasteiger charge is -2.20. The molecule has 1 N–H and O–H groups in total. The third-order valence-corrected chi connectivity index (χ3v) is 3.08. The van der Waals surface area contributed by atoms with Gasteiger partial charge in [0.1, 0.15) is 11.8 Å². The van der Waals surface area contributed by atoms with Crippen LogP contribution in [0.4, 0.5) is 0 Å². The summed E-state index contributed by atoms with van der Waals surface area (Å²) in [6.45, 7) is 7.04. The number of nitrogens with zero attached hydrogens (tertiary/aromatic N) is 2. The van der Waals surface area contributed by atoms with Crippen molar-refractivity contribution in [3.8, 4) is 0 Å². The van der Waals surface area contributed by atoms with Crippen molar-refractivity contribution in [3.05, 3.63) is 41.1 Å². The van der Waals surface area contributed by atoms with Gasteiger partial charge in [-0.3, -0.25) is 4.68 Å². The molecule has 2 rings (SSSR count). The quantitative estimate of drug-likeness (QED) is 0.903. The van der Waals surface area contributed by atoms with E-state index in [1.807, 2.05) is 16.8 Å². The van der Waals surface area contributed by atoms with Gasteiger partial charge < -0.3 is 9.73 Å². The molecule has 0 aromatic carbocycles. The van der Waals surface area contributed by atoms with E-state index < -0.39 is 0 Å². The monoisotopic (exact) mass is 267 g/mol. The smallest absolute Gasteiger partial charge is 0.126 e. The van der Waals surface area contributed by atoms with Crippen molar-refractivity contribution in [2.24, 2.45) is 0 Å². The first kappa shape index (κ1) is 13.2. The first-order valence-electron chi connectivity index (χ1n) is 6.14. The van der Waals surface area contributed by atoms with Gasteiger partial charge in [-0.2, -0.15) is 5.10 Å². The summed E-state index contributed by atoms with van der Waals surface area (Å²) in [4.78, 5) is 0. The van der Waals surface area contributed by atoms with Gasteiger partial charge in [0, 0.05) is 6.04 Å². The van der Waals surface area contributed by atoms with Gasteiger partial charge in [-0.25, -0.2) is 0 Å². The molecule has 0 radical (unpaired) electrons. The fourth-order valence-corrected chi connectivity index (χ4v) is 2.26. The molecular weight excluding hydrogens is 250 g/mol. The second-order valence-corrected chi connectivity index (χ2v) is 4.83. The topological polar surface area (TPSA) is 43.0 Å². The first-order chi connectivity index (χ1) is 8.65. The summed E-state index contributed by atoms with van der Waals surface area (Å²) in [6.07, 6.45) is 3.35. The van der Waals surface area contributed by atoms with Crippen molar-refractivity contribution in [2.45, 2.75) is 32.9 Å². The lowest BCUT2D eigenvalue weighted by molar-refractivity contribution is 0.417. The molecule has 5 heteroatoms. The summed E-state index contributed by atoms with van der Waals surface area (Å²) in [5.41, 5.74) is 0.948. The Balaban J connectivity index is 2.45. The Hall–Kier alpha value is -1.26. The average molecular weight is 268 g/mol. The normalized spacial score (nSPS) is 13.2. The molecule has 4 nitrogen and oxygen atoms in total. The molecule has 0 spiro atoms. The molecule has 0 aliphatic carbocycles. The fourth-order valence-electron chi connectivity index (χ4n) is 2.02. The predicted molar refractivity (Wildman–Crippen MR) is 71.8 cm³/mol. The molecule has 0 amide bonds. The van der Waals surface area contributed by atoms with E-state index >= 15 is 0 Å². The summed E-state index contributed by atoms with van der Waals surface area (Å²) < 4.78 is 7.43. The van der Waals surface area contributed by atoms with Gasteiger partial charge in [0.25, 0.3) is 0 Å². The van der Waals surface area contributed by atoms with E-state index in [1.54, 1.807) is 12.5 Å². The van der Waals surface area contributed by atoms with Gasteiger partial charge in [-0.1, -0.05) is 18.5 Å². The van der Waals surface area contributed by atoms with E-state index in [9.17, 15) is 0 Å². The summed E-state index contributed by atoms with van der Waals surface area (Å²) in [5.74, 6) is 0.848. The van der Waals surface area contributed by atoms with Gasteiger partial charge in [0.05, 0.1) is 23.2 Å². The third-order valence-electron chi connectivity index (χ3n) is 2.79. The van der Waals surface area contributed by atoms with Gasteiger partial charge in [-0.15, -0.1) is 0 Å². The van der Waals surface area contributed by atoms with E-state index in [1.165, 1.54) is 0 Å². The summed E-state index contributed by atoms with van der Waals surface area (Å²) >= 11 is 6.27. The lowest BCUT2D eigenvalue weighted by Crippen LogP contribution is -2.25. The maximum absolute atomic E-state index is 6.27. The van der Waals surface area contributed by atoms with Crippen LogP contribution in [0.25, 0.3) is 0 Å². The van der Waals surface area contributed by atoms with Crippen LogP contribution in [0.1, 0.15) is 44.3 Å². The molecule has 0 saturated carbocycles. The Morgan fingerprint density at radius 1 is 1.50 bits per heavy atom. The first-order valence-corrected chi connectivity index (χ1v) is 6.52. The van der Waals surface area contributed by atoms with Crippen LogP contribution < -0.4 is 5.32 Å². The summed E-state index contributed by atoms with van der Waals surface area (Å²) in [5, 5.41) is 8.37. The molecule has 0 aliphatic heterocycles. The van der Waals surface area contributed by atoms with Gasteiger partial charge in [-0.05, 0) is 32.5 Å². The highest BCUT2D eigenvalue weighted by atomic mass is 35.5. The summed E-state index contributed by atoms with van der Waals surface area (Å²) in [7, 11) is 0. The van der Waals surface area contributed by atoms with Crippen molar-refractivity contribution >= 4 is 11.6 Å². The second kappa shape index (κ2) is 5.59. The van der Waals surface area contributed by atoms with Crippen LogP contribution in [-0.2, 0) is 0 Å². The number of rotatable bonds is 5. The van der Waals surface area contributed by atoms with Crippen LogP contribution >= 0.6 is 11.6 Å². The maximum atomic E-state index is 6.27. The van der Waals surface area contributed by atoms with Gasteiger partial charge in [0.2, 0.25) is 0 Å². The van der Waals surface area contributed by atoms with Crippen molar-refractivity contribution < 1.29 is 4.42 Å². The minimum absolute atomic E-state index is 0.0672. The maximum Gasteiger partial charge on any atom is 0.126 e. The Kier molecular flexibility index (Phi) is 4.09. The molecule has 2 aromatic rings. The van der Waals surface area contributed by atoms with Crippen molar-refractivity contribution in [1.29, 1.82) is 0 Å². The SMILES string of the molecule is CCNC(c1ccco1)c1c(Cl)cnn1C(C)C. The van der Waals surface area contributed by atoms with E-state index in [4.69, 9.17) is 16.0 Å². The highest BCUT2D eigenvalue weighted by Gasteiger charge is 2.24. The van der Waals surface area contributed by atoms with Crippen LogP contribution in [0.5, 0.6) is 0 Å². The van der Waals surface area contributed by atoms with Crippen LogP contribution in [0.3, 0.4) is 0 Å². The minimum Gasteiger partial charge on any atom is -0.467 e. The van der Waals surface area contributed by atoms with Gasteiger partial charge >= 0.3 is 0 Å². The molecule has 0 bridgehead atoms. The highest BCUT2D eigenvalue weighted by molar-refractivity contribution is 6.31. The van der Waals surface area contributed by atoms with Crippen molar-refractivity contribution in [3.63, 3.8) is 0 Å². The Bertz CT molecular complexity index is 490. The van der Waals surface area contributed by atoms with Crippen LogP contribution in [0, 0.1) is 0 Å². The molecule has 1 unspecified atom stereocenters. The van der Waals surface area contributed by atoms with Crippen molar-refractivity contribution in [1.82, 2.24) is 15.1 Å². The number of halogens is 1. The average Bonchev–Trinajstić information content (AvgIpc) is 2.95. The lowest BCUT2D eigenvalue weighted by atomic mass is 10.1. The van der Waals surface area contributed by atoms with E-state index in [2.05, 4.69) is 31.2 Å². The number of hydrogen-bond donors (Lipinski definition) is 1. The van der Waals surface area contributed by atoms with Crippen LogP contribution in [0.2, 0.25) is 5.02 Å². The Labute approximate surface area is 112 Å². The Morgan fingerprint density at radius 3 is 2.83 bits per heavy atom. The number of nitrogens with one attached hydrogen (secondary N) is 1. The van der Waals surface area contributed by atoms with Crippen molar-refractivity contribution in [2.75, 3.05) is 6.54 Å². The third kappa shape index (κ3) is 2.44. The van der Waals surface area contributed by atoms with E-state index in [-0.39, 0.29) is 12.1 Å². The number of furan rings is 1. The van der Waals surface area contributed by atoms with Gasteiger partial charge in [0.15, 0.2) is 0 Å². The molecule has 98 valence electrons. The largest absolute Gasteiger partial charge is 0.467 e. The second-order valence-electron chi connectivity index (χ2n) is 4.42. The zero-order valence-corrected chi connectivity index (χ0v) is 11.6. The van der Waals surface area contributed by atoms with Crippen LogP contribution in [0.15, 0.2) is 29.0 Å². The molecule has 18 heavy (non-hydrogen) atoms. The molecule has 0 fully saturated rings. The molecule has 2 aromatic heterocycles. The minimum atomic E-state index is -0.0672. The molecular formula is C13H18ClN3O. The van der Waals surface area contributed by atoms with E-state index in [0.717, 1.165) is 18.0 Å². The summed E-state index contributed by atoms with van der Waals surface area (Å²) in [6, 6.07) is 4.01. The number of aromatic nitrogens is 2.